The SMILES string of the molecule is O=C(OCC1CO1)c1c(OCC2CO2)ccc2ccccc12.O=C(OCC1CO1)c1cc2ccccc2cc1C(=O)OCC1CO1.O=C(OCC1CO1)c1ccc(C(=O)OCC2CO2)c2ccccc12.O=C(OCC1CO1)c1ccc2cc(C(=O)OCC3CO3)ccc2c1.O=C(OCC1CO1)c1ccc2cc(OCC3CO3)ccc2c1. The van der Waals surface area contributed by atoms with Crippen molar-refractivity contribution >= 4 is 102 Å². The van der Waals surface area contributed by atoms with Crippen molar-refractivity contribution in [3.8, 4) is 11.5 Å². The van der Waals surface area contributed by atoms with Crippen LogP contribution in [-0.4, -0.2) is 241 Å². The van der Waals surface area contributed by atoms with Crippen LogP contribution in [0.4, 0.5) is 0 Å². The van der Waals surface area contributed by atoms with Crippen LogP contribution in [0.5, 0.6) is 11.5 Å². The van der Waals surface area contributed by atoms with E-state index in [0.29, 0.717) is 129 Å². The zero-order valence-electron chi connectivity index (χ0n) is 62.7. The van der Waals surface area contributed by atoms with Gasteiger partial charge >= 0.3 is 47.8 Å². The van der Waals surface area contributed by atoms with Gasteiger partial charge in [0.2, 0.25) is 0 Å². The molecule has 0 spiro atoms. The summed E-state index contributed by atoms with van der Waals surface area (Å²) in [5, 5.41) is 8.56. The molecular weight excluding hydrogens is 1500 g/mol. The third-order valence-electron chi connectivity index (χ3n) is 19.2. The lowest BCUT2D eigenvalue weighted by molar-refractivity contribution is 0.0431. The van der Waals surface area contributed by atoms with Gasteiger partial charge in [0.25, 0.3) is 0 Å². The molecule has 28 heteroatoms. The molecule has 0 amide bonds. The largest absolute Gasteiger partial charge is 0.491 e. The molecule has 10 aliphatic heterocycles. The molecule has 0 bridgehead atoms. The van der Waals surface area contributed by atoms with Crippen LogP contribution < -0.4 is 9.47 Å². The molecule has 10 unspecified atom stereocenters. The Morgan fingerprint density at radius 2 is 0.500 bits per heavy atom. The van der Waals surface area contributed by atoms with E-state index < -0.39 is 23.9 Å². The van der Waals surface area contributed by atoms with Gasteiger partial charge in [-0.2, -0.15) is 0 Å². The highest BCUT2D eigenvalue weighted by atomic mass is 16.7. The van der Waals surface area contributed by atoms with Gasteiger partial charge in [0, 0.05) is 0 Å². The van der Waals surface area contributed by atoms with Gasteiger partial charge in [0.1, 0.15) is 144 Å². The standard InChI is InChI=1S/3C18H16O6.2C17H16O5/c19-17(23-9-15-7-21-15)13-3-1-11-5-14(4-2-12(11)6-13)18(20)24-10-16-8-22-16;19-17(23-9-13-7-21-13)15-5-11-3-1-2-4-12(11)6-16(15)18(20)24-10-14-8-22-14;19-17(23-9-11-7-21-11)15-5-6-16(14-4-2-1-3-13(14)15)18(20)24-10-12-8-22-12;18-17(22-10-16-9-21-16)13-2-1-12-6-14(4-3-11(12)5-13)19-7-15-8-20-15;18-17(22-10-13-8-20-13)16-14-4-2-1-3-11(14)5-6-15(16)21-9-12-7-19-12/h1-6,15-16H,7-10H2;1-6,13-14H,7-10H2;1-6,11-12H,7-10H2;1-6,15-16H,7-10H2;1-6,12-13H,7-10H2. The number of carbonyl (C=O) groups excluding carboxylic acids is 8. The third-order valence-corrected chi connectivity index (χ3v) is 19.2. The Hall–Kier alpha value is -11.5. The summed E-state index contributed by atoms with van der Waals surface area (Å²) in [4.78, 5) is 97.8. The van der Waals surface area contributed by atoms with E-state index in [1.165, 1.54) is 0 Å². The maximum absolute atomic E-state index is 12.5. The molecule has 0 aliphatic carbocycles. The topological polar surface area (TPSA) is 354 Å². The van der Waals surface area contributed by atoms with Crippen LogP contribution in [0.2, 0.25) is 0 Å². The first-order valence-corrected chi connectivity index (χ1v) is 38.1. The van der Waals surface area contributed by atoms with Crippen LogP contribution >= 0.6 is 0 Å². The van der Waals surface area contributed by atoms with Crippen LogP contribution in [-0.2, 0) is 85.3 Å². The van der Waals surface area contributed by atoms with Gasteiger partial charge in [-0.15, -0.1) is 0 Å². The van der Waals surface area contributed by atoms with E-state index in [9.17, 15) is 38.4 Å². The van der Waals surface area contributed by atoms with Gasteiger partial charge in [-0.05, 0) is 133 Å². The van der Waals surface area contributed by atoms with Crippen LogP contribution in [0.1, 0.15) is 82.9 Å². The van der Waals surface area contributed by atoms with Gasteiger partial charge in [0.15, 0.2) is 0 Å². The molecule has 0 saturated carbocycles. The Kier molecular flexibility index (Phi) is 24.7. The molecule has 116 heavy (non-hydrogen) atoms. The molecule has 600 valence electrons. The molecule has 0 aromatic heterocycles. The average Bonchev–Trinajstić information content (AvgIpc) is 1.35. The second-order valence-corrected chi connectivity index (χ2v) is 28.6. The molecule has 10 aromatic carbocycles. The number of esters is 8. The van der Waals surface area contributed by atoms with Crippen molar-refractivity contribution in [3.63, 3.8) is 0 Å². The maximum Gasteiger partial charge on any atom is 0.342 e. The van der Waals surface area contributed by atoms with Crippen molar-refractivity contribution < 1.29 is 133 Å². The van der Waals surface area contributed by atoms with E-state index in [1.54, 1.807) is 78.9 Å². The summed E-state index contributed by atoms with van der Waals surface area (Å²) < 4.78 is 104. The quantitative estimate of drug-likeness (QED) is 0.0229. The van der Waals surface area contributed by atoms with Crippen molar-refractivity contribution in [1.82, 2.24) is 0 Å². The van der Waals surface area contributed by atoms with E-state index in [1.807, 2.05) is 103 Å². The van der Waals surface area contributed by atoms with Gasteiger partial charge < -0.3 is 94.7 Å². The minimum Gasteiger partial charge on any atom is -0.491 e. The van der Waals surface area contributed by atoms with E-state index in [2.05, 4.69) is 0 Å². The summed E-state index contributed by atoms with van der Waals surface area (Å²) in [7, 11) is 0. The highest BCUT2D eigenvalue weighted by Crippen LogP contribution is 2.33. The Bertz CT molecular complexity index is 5090. The van der Waals surface area contributed by atoms with E-state index in [0.717, 1.165) is 55.4 Å². The zero-order chi connectivity index (χ0) is 79.4. The summed E-state index contributed by atoms with van der Waals surface area (Å²) in [6, 6.07) is 54.5. The van der Waals surface area contributed by atoms with Gasteiger partial charge in [-0.25, -0.2) is 38.4 Å². The summed E-state index contributed by atoms with van der Waals surface area (Å²) in [6.07, 6.45) is 0.557. The average molecular weight is 1590 g/mol. The lowest BCUT2D eigenvalue weighted by Crippen LogP contribution is -2.17. The summed E-state index contributed by atoms with van der Waals surface area (Å²) in [5.41, 5.74) is 3.23. The van der Waals surface area contributed by atoms with Gasteiger partial charge in [-0.3, -0.25) is 0 Å². The Labute approximate surface area is 662 Å². The monoisotopic (exact) mass is 1580 g/mol. The molecule has 10 saturated heterocycles. The van der Waals surface area contributed by atoms with Crippen molar-refractivity contribution in [2.75, 3.05) is 132 Å². The summed E-state index contributed by atoms with van der Waals surface area (Å²) in [6.45, 7) is 9.68. The number of epoxide rings is 10. The van der Waals surface area contributed by atoms with E-state index in [-0.39, 0.29) is 142 Å². The van der Waals surface area contributed by atoms with Crippen LogP contribution in [0.25, 0.3) is 53.9 Å². The lowest BCUT2D eigenvalue weighted by atomic mass is 9.99. The van der Waals surface area contributed by atoms with Crippen LogP contribution in [0, 0.1) is 0 Å². The number of rotatable bonds is 30. The first kappa shape index (κ1) is 78.4. The van der Waals surface area contributed by atoms with Crippen molar-refractivity contribution in [2.24, 2.45) is 0 Å². The molecule has 0 N–H and O–H groups in total. The maximum atomic E-state index is 12.5. The second-order valence-electron chi connectivity index (χ2n) is 28.6. The van der Waals surface area contributed by atoms with Crippen molar-refractivity contribution in [3.05, 3.63) is 226 Å². The predicted octanol–water partition coefficient (Wildman–Crippen LogP) is 10.2. The smallest absolute Gasteiger partial charge is 0.342 e. The molecule has 10 aromatic rings. The fraction of sp³-hybridized carbons (Fsp3) is 0.341. The highest BCUT2D eigenvalue weighted by Gasteiger charge is 2.34. The molecular formula is C88H80O28. The third kappa shape index (κ3) is 22.7. The number of hydrogen-bond donors (Lipinski definition) is 0. The highest BCUT2D eigenvalue weighted by molar-refractivity contribution is 6.12. The lowest BCUT2D eigenvalue weighted by Gasteiger charge is -2.13. The summed E-state index contributed by atoms with van der Waals surface area (Å²) >= 11 is 0. The van der Waals surface area contributed by atoms with Gasteiger partial charge in [0.05, 0.1) is 105 Å². The van der Waals surface area contributed by atoms with Crippen LogP contribution in [0.3, 0.4) is 0 Å². The fourth-order valence-electron chi connectivity index (χ4n) is 11.8. The van der Waals surface area contributed by atoms with Crippen molar-refractivity contribution in [2.45, 2.75) is 61.0 Å². The van der Waals surface area contributed by atoms with E-state index >= 15 is 0 Å². The first-order chi connectivity index (χ1) is 56.7. The minimum atomic E-state index is -0.550. The Balaban J connectivity index is 0.000000109. The van der Waals surface area contributed by atoms with Crippen molar-refractivity contribution in [1.29, 1.82) is 0 Å². The first-order valence-electron chi connectivity index (χ1n) is 38.1. The summed E-state index contributed by atoms with van der Waals surface area (Å²) in [5.74, 6) is -2.04. The van der Waals surface area contributed by atoms with E-state index in [4.69, 9.17) is 94.7 Å². The molecule has 10 heterocycles. The molecule has 20 rings (SSSR count). The molecule has 10 aliphatic rings. The predicted molar refractivity (Wildman–Crippen MR) is 410 cm³/mol. The zero-order valence-corrected chi connectivity index (χ0v) is 62.7. The Morgan fingerprint density at radius 3 is 0.862 bits per heavy atom. The molecule has 10 fully saturated rings. The normalized spacial score (nSPS) is 21.7. The number of hydrogen-bond acceptors (Lipinski definition) is 28. The fourth-order valence-corrected chi connectivity index (χ4v) is 11.8. The van der Waals surface area contributed by atoms with Gasteiger partial charge in [-0.1, -0.05) is 103 Å². The number of ether oxygens (including phenoxy) is 20. The second kappa shape index (κ2) is 36.5. The number of benzene rings is 10. The molecule has 28 nitrogen and oxygen atoms in total. The molecule has 0 radical (unpaired) electrons. The Morgan fingerprint density at radius 1 is 0.233 bits per heavy atom. The minimum absolute atomic E-state index is 0.0131. The molecule has 10 atom stereocenters. The number of fused-ring (bicyclic) bond motifs is 5. The van der Waals surface area contributed by atoms with Crippen LogP contribution in [0.15, 0.2) is 182 Å². The number of carbonyl (C=O) groups is 8.